The molecule has 0 saturated carbocycles. The zero-order valence-corrected chi connectivity index (χ0v) is 15.8. The Hall–Kier alpha value is -3.28. The van der Waals surface area contributed by atoms with Gasteiger partial charge in [-0.2, -0.15) is 0 Å². The molecule has 0 atom stereocenters. The first-order valence-corrected chi connectivity index (χ1v) is 9.18. The minimum atomic E-state index is -0.659. The van der Waals surface area contributed by atoms with Crippen LogP contribution in [-0.4, -0.2) is 24.7 Å². The molecule has 0 bridgehead atoms. The molecule has 6 heteroatoms. The minimum Gasteiger partial charge on any atom is -0.488 e. The summed E-state index contributed by atoms with van der Waals surface area (Å²) in [6.45, 7) is 4.57. The second-order valence-corrected chi connectivity index (χ2v) is 7.37. The Morgan fingerprint density at radius 1 is 1.18 bits per heavy atom. The molecular weight excluding hydrogens is 358 g/mol. The molecule has 1 aliphatic heterocycles. The van der Waals surface area contributed by atoms with Crippen molar-refractivity contribution in [2.75, 3.05) is 13.2 Å². The van der Waals surface area contributed by atoms with E-state index in [-0.39, 0.29) is 24.3 Å². The van der Waals surface area contributed by atoms with E-state index in [1.165, 1.54) is 6.07 Å². The summed E-state index contributed by atoms with van der Waals surface area (Å²) >= 11 is 0. The molecule has 1 aromatic heterocycles. The number of carbonyl (C=O) groups is 1. The summed E-state index contributed by atoms with van der Waals surface area (Å²) in [7, 11) is 0. The van der Waals surface area contributed by atoms with E-state index in [2.05, 4.69) is 5.32 Å². The number of ether oxygens (including phenoxy) is 2. The summed E-state index contributed by atoms with van der Waals surface area (Å²) < 4.78 is 16.9. The Balaban J connectivity index is 1.38. The SMILES string of the molecule is CC1(C)Cc2cccc(OCCNC(=O)c3cc4ccccc4oc3=O)c2O1. The summed E-state index contributed by atoms with van der Waals surface area (Å²) in [5, 5.41) is 3.39. The van der Waals surface area contributed by atoms with Gasteiger partial charge in [0.1, 0.15) is 23.4 Å². The summed E-state index contributed by atoms with van der Waals surface area (Å²) in [5.74, 6) is 0.926. The number of fused-ring (bicyclic) bond motifs is 2. The third-order valence-corrected chi connectivity index (χ3v) is 4.59. The van der Waals surface area contributed by atoms with Gasteiger partial charge in [-0.25, -0.2) is 4.79 Å². The van der Waals surface area contributed by atoms with Gasteiger partial charge in [-0.15, -0.1) is 0 Å². The predicted molar refractivity (Wildman–Crippen MR) is 105 cm³/mol. The number of hydrogen-bond donors (Lipinski definition) is 1. The van der Waals surface area contributed by atoms with Gasteiger partial charge in [0.25, 0.3) is 5.91 Å². The maximum absolute atomic E-state index is 12.3. The molecule has 1 amide bonds. The van der Waals surface area contributed by atoms with Crippen LogP contribution in [0.4, 0.5) is 0 Å². The zero-order chi connectivity index (χ0) is 19.7. The lowest BCUT2D eigenvalue weighted by atomic mass is 10.0. The van der Waals surface area contributed by atoms with Gasteiger partial charge in [0.05, 0.1) is 6.54 Å². The minimum absolute atomic E-state index is 0.0237. The highest BCUT2D eigenvalue weighted by Gasteiger charge is 2.32. The Bertz CT molecular complexity index is 1100. The van der Waals surface area contributed by atoms with Gasteiger partial charge in [0.15, 0.2) is 11.5 Å². The standard InChI is InChI=1S/C22H21NO5/c1-22(2)13-15-7-5-9-18(19(15)28-22)26-11-10-23-20(24)16-12-14-6-3-4-8-17(14)27-21(16)25/h3-9,12H,10-11,13H2,1-2H3,(H,23,24). The Morgan fingerprint density at radius 3 is 2.86 bits per heavy atom. The van der Waals surface area contributed by atoms with Crippen LogP contribution in [0.15, 0.2) is 57.7 Å². The van der Waals surface area contributed by atoms with Crippen molar-refractivity contribution in [3.63, 3.8) is 0 Å². The first kappa shape index (κ1) is 18.1. The zero-order valence-electron chi connectivity index (χ0n) is 15.8. The van der Waals surface area contributed by atoms with Crippen molar-refractivity contribution in [2.45, 2.75) is 25.9 Å². The lowest BCUT2D eigenvalue weighted by molar-refractivity contribution is 0.0942. The Morgan fingerprint density at radius 2 is 2.00 bits per heavy atom. The van der Waals surface area contributed by atoms with Crippen LogP contribution in [0.2, 0.25) is 0 Å². The van der Waals surface area contributed by atoms with E-state index in [0.29, 0.717) is 16.7 Å². The highest BCUT2D eigenvalue weighted by atomic mass is 16.5. The van der Waals surface area contributed by atoms with Crippen molar-refractivity contribution in [3.8, 4) is 11.5 Å². The number of amides is 1. The molecule has 2 heterocycles. The summed E-state index contributed by atoms with van der Waals surface area (Å²) in [5.41, 5.74) is 0.631. The first-order chi connectivity index (χ1) is 13.4. The molecule has 0 saturated heterocycles. The van der Waals surface area contributed by atoms with E-state index >= 15 is 0 Å². The topological polar surface area (TPSA) is 77.8 Å². The molecule has 0 unspecified atom stereocenters. The molecule has 3 aromatic rings. The van der Waals surface area contributed by atoms with Crippen LogP contribution in [-0.2, 0) is 6.42 Å². The number of carbonyl (C=O) groups excluding carboxylic acids is 1. The molecule has 6 nitrogen and oxygen atoms in total. The van der Waals surface area contributed by atoms with Crippen molar-refractivity contribution in [2.24, 2.45) is 0 Å². The predicted octanol–water partition coefficient (Wildman–Crippen LogP) is 3.32. The molecule has 1 aliphatic rings. The molecule has 1 N–H and O–H groups in total. The van der Waals surface area contributed by atoms with Crippen molar-refractivity contribution >= 4 is 16.9 Å². The molecule has 0 fully saturated rings. The summed E-state index contributed by atoms with van der Waals surface area (Å²) in [6.07, 6.45) is 0.827. The van der Waals surface area contributed by atoms with Crippen molar-refractivity contribution in [1.82, 2.24) is 5.32 Å². The van der Waals surface area contributed by atoms with Crippen LogP contribution in [0.5, 0.6) is 11.5 Å². The Kier molecular flexibility index (Phi) is 4.55. The van der Waals surface area contributed by atoms with Crippen molar-refractivity contribution < 1.29 is 18.7 Å². The lowest BCUT2D eigenvalue weighted by Gasteiger charge is -2.18. The smallest absolute Gasteiger partial charge is 0.349 e. The highest BCUT2D eigenvalue weighted by molar-refractivity contribution is 5.96. The quantitative estimate of drug-likeness (QED) is 0.544. The molecular formula is C22H21NO5. The van der Waals surface area contributed by atoms with E-state index in [4.69, 9.17) is 13.9 Å². The second kappa shape index (κ2) is 7.03. The summed E-state index contributed by atoms with van der Waals surface area (Å²) in [6, 6.07) is 14.4. The van der Waals surface area contributed by atoms with Gasteiger partial charge in [0, 0.05) is 17.4 Å². The number of para-hydroxylation sites is 2. The largest absolute Gasteiger partial charge is 0.488 e. The van der Waals surface area contributed by atoms with E-state index in [1.54, 1.807) is 18.2 Å². The van der Waals surface area contributed by atoms with Gasteiger partial charge < -0.3 is 19.2 Å². The fraction of sp³-hybridized carbons (Fsp3) is 0.273. The van der Waals surface area contributed by atoms with Gasteiger partial charge >= 0.3 is 5.63 Å². The van der Waals surface area contributed by atoms with E-state index in [0.717, 1.165) is 17.7 Å². The molecule has 4 rings (SSSR count). The molecule has 2 aromatic carbocycles. The van der Waals surface area contributed by atoms with Crippen LogP contribution in [0.3, 0.4) is 0 Å². The van der Waals surface area contributed by atoms with Crippen molar-refractivity contribution in [1.29, 1.82) is 0 Å². The first-order valence-electron chi connectivity index (χ1n) is 9.18. The lowest BCUT2D eigenvalue weighted by Crippen LogP contribution is -2.31. The van der Waals surface area contributed by atoms with E-state index < -0.39 is 11.5 Å². The van der Waals surface area contributed by atoms with Gasteiger partial charge in [-0.3, -0.25) is 4.79 Å². The molecule has 0 radical (unpaired) electrons. The van der Waals surface area contributed by atoms with Gasteiger partial charge in [0.2, 0.25) is 0 Å². The van der Waals surface area contributed by atoms with E-state index in [9.17, 15) is 9.59 Å². The highest BCUT2D eigenvalue weighted by Crippen LogP contribution is 2.41. The van der Waals surface area contributed by atoms with Crippen LogP contribution >= 0.6 is 0 Å². The number of hydrogen-bond acceptors (Lipinski definition) is 5. The normalized spacial score (nSPS) is 14.4. The maximum atomic E-state index is 12.3. The monoisotopic (exact) mass is 379 g/mol. The van der Waals surface area contributed by atoms with Crippen LogP contribution < -0.4 is 20.4 Å². The third-order valence-electron chi connectivity index (χ3n) is 4.59. The van der Waals surface area contributed by atoms with Gasteiger partial charge in [-0.1, -0.05) is 30.3 Å². The molecule has 28 heavy (non-hydrogen) atoms. The average Bonchev–Trinajstić information content (AvgIpc) is 2.99. The van der Waals surface area contributed by atoms with Gasteiger partial charge in [-0.05, 0) is 32.0 Å². The average molecular weight is 379 g/mol. The molecule has 0 spiro atoms. The fourth-order valence-corrected chi connectivity index (χ4v) is 3.34. The second-order valence-electron chi connectivity index (χ2n) is 7.37. The third kappa shape index (κ3) is 3.58. The number of benzene rings is 2. The summed E-state index contributed by atoms with van der Waals surface area (Å²) in [4.78, 5) is 24.4. The van der Waals surface area contributed by atoms with E-state index in [1.807, 2.05) is 38.1 Å². The van der Waals surface area contributed by atoms with Crippen molar-refractivity contribution in [3.05, 3.63) is 70.1 Å². The van der Waals surface area contributed by atoms with Crippen LogP contribution in [0, 0.1) is 0 Å². The maximum Gasteiger partial charge on any atom is 0.349 e. The molecule has 0 aliphatic carbocycles. The number of nitrogens with one attached hydrogen (secondary N) is 1. The number of rotatable bonds is 5. The molecule has 144 valence electrons. The van der Waals surface area contributed by atoms with Crippen LogP contribution in [0.25, 0.3) is 11.0 Å². The fourth-order valence-electron chi connectivity index (χ4n) is 3.34. The Labute approximate surface area is 162 Å². The van der Waals surface area contributed by atoms with Crippen LogP contribution in [0.1, 0.15) is 29.8 Å².